The molecule has 1 aromatic carbocycles. The van der Waals surface area contributed by atoms with Crippen molar-refractivity contribution < 1.29 is 68.7 Å². The molecule has 0 spiro atoms. The third-order valence-electron chi connectivity index (χ3n) is 1.31. The molecule has 0 atom stereocenters. The van der Waals surface area contributed by atoms with E-state index in [1.54, 1.807) is 0 Å². The molecule has 66 valence electrons. The van der Waals surface area contributed by atoms with Gasteiger partial charge >= 0.3 is 58.4 Å². The fourth-order valence-corrected chi connectivity index (χ4v) is 1.14. The van der Waals surface area contributed by atoms with Gasteiger partial charge in [-0.25, -0.2) is 4.39 Å². The van der Waals surface area contributed by atoms with Crippen molar-refractivity contribution in [3.8, 4) is 0 Å². The van der Waals surface area contributed by atoms with Crippen molar-refractivity contribution in [2.24, 2.45) is 0 Å². The monoisotopic (exact) mass is 280 g/mol. The van der Waals surface area contributed by atoms with Gasteiger partial charge in [-0.3, -0.25) is 0 Å². The fraction of sp³-hybridized carbons (Fsp3) is 0. The standard InChI is InChI=1S/C6H3BBrF4.K/c8-4-1-2-6(9)5(3-4)7(10,11)12;/h1-3H;/q-1;+1. The van der Waals surface area contributed by atoms with Gasteiger partial charge in [0.05, 0.1) is 5.82 Å². The first-order valence-electron chi connectivity index (χ1n) is 3.06. The Labute approximate surface area is 124 Å². The first-order chi connectivity index (χ1) is 5.41. The minimum absolute atomic E-state index is 0. The van der Waals surface area contributed by atoms with Crippen LogP contribution in [0, 0.1) is 5.82 Å². The second-order valence-electron chi connectivity index (χ2n) is 2.24. The average molecular weight is 281 g/mol. The first kappa shape index (κ1) is 14.1. The molecule has 1 rings (SSSR count). The predicted octanol–water partition coefficient (Wildman–Crippen LogP) is -0.353. The van der Waals surface area contributed by atoms with E-state index in [0.717, 1.165) is 12.1 Å². The molecule has 0 radical (unpaired) electrons. The topological polar surface area (TPSA) is 0 Å². The van der Waals surface area contributed by atoms with Crippen LogP contribution in [0.3, 0.4) is 0 Å². The van der Waals surface area contributed by atoms with Gasteiger partial charge in [0.2, 0.25) is 0 Å². The van der Waals surface area contributed by atoms with Crippen molar-refractivity contribution in [2.75, 3.05) is 0 Å². The van der Waals surface area contributed by atoms with E-state index in [4.69, 9.17) is 0 Å². The van der Waals surface area contributed by atoms with Crippen LogP contribution in [0.25, 0.3) is 0 Å². The maximum Gasteiger partial charge on any atom is 1.00 e. The van der Waals surface area contributed by atoms with Crippen molar-refractivity contribution in [3.63, 3.8) is 0 Å². The summed E-state index contributed by atoms with van der Waals surface area (Å²) in [7, 11) is 0. The molecule has 0 N–H and O–H groups in total. The van der Waals surface area contributed by atoms with Crippen LogP contribution in [-0.4, -0.2) is 6.98 Å². The molecule has 0 aliphatic heterocycles. The Morgan fingerprint density at radius 1 is 1.15 bits per heavy atom. The number of benzene rings is 1. The van der Waals surface area contributed by atoms with Crippen molar-refractivity contribution in [1.82, 2.24) is 0 Å². The molecule has 0 aliphatic rings. The summed E-state index contributed by atoms with van der Waals surface area (Å²) >= 11 is 2.83. The van der Waals surface area contributed by atoms with E-state index in [9.17, 15) is 17.3 Å². The molecule has 13 heavy (non-hydrogen) atoms. The van der Waals surface area contributed by atoms with Crippen LogP contribution >= 0.6 is 15.9 Å². The molecule has 0 unspecified atom stereocenters. The van der Waals surface area contributed by atoms with Gasteiger partial charge in [-0.15, -0.1) is 0 Å². The van der Waals surface area contributed by atoms with Crippen LogP contribution in [-0.2, 0) is 0 Å². The summed E-state index contributed by atoms with van der Waals surface area (Å²) < 4.78 is 48.9. The second-order valence-corrected chi connectivity index (χ2v) is 3.16. The fourth-order valence-electron chi connectivity index (χ4n) is 0.765. The zero-order chi connectivity index (χ0) is 9.35. The maximum absolute atomic E-state index is 12.5. The van der Waals surface area contributed by atoms with Crippen LogP contribution in [0.15, 0.2) is 22.7 Å². The smallest absolute Gasteiger partial charge is 0.445 e. The van der Waals surface area contributed by atoms with E-state index in [1.165, 1.54) is 6.07 Å². The normalized spacial score (nSPS) is 10.8. The van der Waals surface area contributed by atoms with Gasteiger partial charge in [-0.2, -0.15) is 0 Å². The van der Waals surface area contributed by atoms with Crippen LogP contribution < -0.4 is 56.8 Å². The van der Waals surface area contributed by atoms with Crippen molar-refractivity contribution >= 4 is 28.4 Å². The Morgan fingerprint density at radius 3 is 2.08 bits per heavy atom. The van der Waals surface area contributed by atoms with Crippen molar-refractivity contribution in [2.45, 2.75) is 0 Å². The van der Waals surface area contributed by atoms with Crippen LogP contribution in [0.1, 0.15) is 0 Å². The van der Waals surface area contributed by atoms with Gasteiger partial charge in [0, 0.05) is 4.47 Å². The molecular formula is C6H3BBrF4K. The summed E-state index contributed by atoms with van der Waals surface area (Å²) in [6, 6.07) is 2.74. The third kappa shape index (κ3) is 4.01. The minimum atomic E-state index is -5.25. The van der Waals surface area contributed by atoms with E-state index in [2.05, 4.69) is 15.9 Å². The Hall–Kier alpha value is 1.12. The summed E-state index contributed by atoms with van der Waals surface area (Å²) in [5.74, 6) is -1.23. The van der Waals surface area contributed by atoms with Crippen molar-refractivity contribution in [3.05, 3.63) is 28.5 Å². The number of hydrogen-bond acceptors (Lipinski definition) is 0. The molecule has 1 aromatic rings. The van der Waals surface area contributed by atoms with Gasteiger partial charge in [0.25, 0.3) is 0 Å². The molecule has 0 heterocycles. The third-order valence-corrected chi connectivity index (χ3v) is 1.80. The summed E-state index contributed by atoms with van der Waals surface area (Å²) in [5.41, 5.74) is -1.19. The Balaban J connectivity index is 0.00000144. The van der Waals surface area contributed by atoms with E-state index < -0.39 is 18.3 Å². The van der Waals surface area contributed by atoms with Crippen LogP contribution in [0.2, 0.25) is 0 Å². The van der Waals surface area contributed by atoms with E-state index in [0.29, 0.717) is 0 Å². The van der Waals surface area contributed by atoms with Gasteiger partial charge in [0.15, 0.2) is 0 Å². The number of halogens is 5. The van der Waals surface area contributed by atoms with Crippen LogP contribution in [0.5, 0.6) is 0 Å². The molecular weight excluding hydrogens is 278 g/mol. The zero-order valence-corrected chi connectivity index (χ0v) is 11.4. The van der Waals surface area contributed by atoms with Gasteiger partial charge in [-0.1, -0.05) is 27.5 Å². The Kier molecular flexibility index (Phi) is 5.73. The number of rotatable bonds is 1. The molecule has 0 aromatic heterocycles. The van der Waals surface area contributed by atoms with Gasteiger partial charge in [0.1, 0.15) is 0 Å². The first-order valence-corrected chi connectivity index (χ1v) is 3.85. The maximum atomic E-state index is 12.5. The quantitative estimate of drug-likeness (QED) is 0.487. The summed E-state index contributed by atoms with van der Waals surface area (Å²) in [6.07, 6.45) is 0. The van der Waals surface area contributed by atoms with E-state index in [1.807, 2.05) is 0 Å². The summed E-state index contributed by atoms with van der Waals surface area (Å²) in [6.45, 7) is -5.25. The summed E-state index contributed by atoms with van der Waals surface area (Å²) in [4.78, 5) is 0. The molecule has 0 amide bonds. The molecule has 0 bridgehead atoms. The molecule has 0 saturated heterocycles. The Bertz CT molecular complexity index is 301. The van der Waals surface area contributed by atoms with Crippen molar-refractivity contribution in [1.29, 1.82) is 0 Å². The average Bonchev–Trinajstić information content (AvgIpc) is 1.92. The molecule has 0 saturated carbocycles. The van der Waals surface area contributed by atoms with Crippen LogP contribution in [0.4, 0.5) is 17.3 Å². The molecule has 7 heteroatoms. The molecule has 0 aliphatic carbocycles. The largest absolute Gasteiger partial charge is 1.00 e. The SMILES string of the molecule is Fc1ccc(Br)cc1[B-](F)(F)F.[K+]. The van der Waals surface area contributed by atoms with E-state index in [-0.39, 0.29) is 55.9 Å². The van der Waals surface area contributed by atoms with Gasteiger partial charge in [-0.05, 0) is 12.1 Å². The Morgan fingerprint density at radius 2 is 1.69 bits per heavy atom. The molecule has 0 fully saturated rings. The van der Waals surface area contributed by atoms with Gasteiger partial charge < -0.3 is 12.9 Å². The second kappa shape index (κ2) is 5.27. The minimum Gasteiger partial charge on any atom is -0.445 e. The predicted molar refractivity (Wildman–Crippen MR) is 42.8 cm³/mol. The summed E-state index contributed by atoms with van der Waals surface area (Å²) in [5, 5.41) is 0. The molecule has 0 nitrogen and oxygen atoms in total. The zero-order valence-electron chi connectivity index (χ0n) is 6.70. The van der Waals surface area contributed by atoms with E-state index >= 15 is 0 Å². The number of hydrogen-bond donors (Lipinski definition) is 0.